The Morgan fingerprint density at radius 1 is 1.54 bits per heavy atom. The maximum Gasteiger partial charge on any atom is 0.405 e. The van der Waals surface area contributed by atoms with E-state index in [1.54, 1.807) is 0 Å². The summed E-state index contributed by atoms with van der Waals surface area (Å²) in [6.45, 7) is 0. The van der Waals surface area contributed by atoms with Crippen LogP contribution in [0.2, 0.25) is 0 Å². The molecule has 0 bridgehead atoms. The lowest BCUT2D eigenvalue weighted by Crippen LogP contribution is -2.42. The van der Waals surface area contributed by atoms with E-state index in [1.165, 1.54) is 0 Å². The number of hydrogen-bond donors (Lipinski definition) is 3. The molecule has 1 heterocycles. The fourth-order valence-electron chi connectivity index (χ4n) is 2.34. The minimum atomic E-state index is -1.12. The lowest BCUT2D eigenvalue weighted by atomic mass is 9.99. The van der Waals surface area contributed by atoms with Crippen LogP contribution < -0.4 is 10.6 Å². The molecule has 72 valence electrons. The fraction of sp³-hybridized carbons (Fsp3) is 0.750. The molecule has 5 nitrogen and oxygen atoms in total. The van der Waals surface area contributed by atoms with Crippen molar-refractivity contribution in [2.24, 2.45) is 5.92 Å². The molecule has 2 aliphatic rings. The van der Waals surface area contributed by atoms with Gasteiger partial charge in [-0.3, -0.25) is 4.79 Å². The van der Waals surface area contributed by atoms with Crippen LogP contribution in [0.15, 0.2) is 0 Å². The van der Waals surface area contributed by atoms with Crippen LogP contribution in [0.3, 0.4) is 0 Å². The van der Waals surface area contributed by atoms with E-state index < -0.39 is 12.1 Å². The van der Waals surface area contributed by atoms with Gasteiger partial charge in [0.2, 0.25) is 5.91 Å². The van der Waals surface area contributed by atoms with Gasteiger partial charge in [0, 0.05) is 12.0 Å². The second kappa shape index (κ2) is 2.90. The van der Waals surface area contributed by atoms with Crippen molar-refractivity contribution >= 4 is 12.0 Å². The molecular formula is C8H12N2O3. The molecule has 0 radical (unpaired) electrons. The molecule has 13 heavy (non-hydrogen) atoms. The molecule has 0 aromatic rings. The first-order chi connectivity index (χ1) is 6.18. The average Bonchev–Trinajstić information content (AvgIpc) is 2.55. The van der Waals surface area contributed by atoms with Gasteiger partial charge in [-0.2, -0.15) is 0 Å². The molecule has 2 rings (SSSR count). The molecule has 2 amide bonds. The molecule has 1 saturated heterocycles. The van der Waals surface area contributed by atoms with Gasteiger partial charge in [0.05, 0.1) is 0 Å². The van der Waals surface area contributed by atoms with Gasteiger partial charge >= 0.3 is 6.09 Å². The highest BCUT2D eigenvalue weighted by Gasteiger charge is 2.45. The van der Waals surface area contributed by atoms with Gasteiger partial charge in [0.1, 0.15) is 6.04 Å². The van der Waals surface area contributed by atoms with E-state index in [2.05, 4.69) is 10.6 Å². The number of amides is 2. The summed E-state index contributed by atoms with van der Waals surface area (Å²) in [6.07, 6.45) is 1.88. The number of nitrogens with one attached hydrogen (secondary N) is 2. The minimum absolute atomic E-state index is 0.169. The molecule has 1 aliphatic carbocycles. The van der Waals surface area contributed by atoms with Crippen molar-refractivity contribution in [1.29, 1.82) is 0 Å². The molecule has 5 heteroatoms. The largest absolute Gasteiger partial charge is 0.465 e. The predicted octanol–water partition coefficient (Wildman–Crippen LogP) is -0.0789. The van der Waals surface area contributed by atoms with Crippen LogP contribution in [0.5, 0.6) is 0 Å². The third-order valence-corrected chi connectivity index (χ3v) is 2.89. The van der Waals surface area contributed by atoms with Crippen LogP contribution in [-0.4, -0.2) is 29.2 Å². The smallest absolute Gasteiger partial charge is 0.405 e. The van der Waals surface area contributed by atoms with E-state index in [1.807, 2.05) is 0 Å². The monoisotopic (exact) mass is 184 g/mol. The highest BCUT2D eigenvalue weighted by atomic mass is 16.4. The molecule has 1 saturated carbocycles. The van der Waals surface area contributed by atoms with Crippen molar-refractivity contribution in [2.45, 2.75) is 31.3 Å². The number of rotatable bonds is 1. The van der Waals surface area contributed by atoms with Gasteiger partial charge in [-0.1, -0.05) is 6.42 Å². The highest BCUT2D eigenvalue weighted by Crippen LogP contribution is 2.32. The molecule has 1 aliphatic heterocycles. The Morgan fingerprint density at radius 3 is 3.00 bits per heavy atom. The second-order valence-electron chi connectivity index (χ2n) is 3.64. The van der Waals surface area contributed by atoms with Gasteiger partial charge in [-0.05, 0) is 12.8 Å². The second-order valence-corrected chi connectivity index (χ2v) is 3.64. The predicted molar refractivity (Wildman–Crippen MR) is 44.2 cm³/mol. The van der Waals surface area contributed by atoms with Crippen LogP contribution >= 0.6 is 0 Å². The van der Waals surface area contributed by atoms with Crippen LogP contribution in [0.1, 0.15) is 19.3 Å². The van der Waals surface area contributed by atoms with Crippen molar-refractivity contribution < 1.29 is 14.7 Å². The number of carbonyl (C=O) groups is 2. The Balaban J connectivity index is 2.08. The standard InChI is InChI=1S/C8H12N2O3/c11-7-6(10-8(12)13)4-2-1-3-5(4)9-7/h4-6,10H,1-3H2,(H,9,11)(H,12,13)/t4-,5+,6-/m1/s1. The number of hydrogen-bond acceptors (Lipinski definition) is 2. The highest BCUT2D eigenvalue weighted by molar-refractivity contribution is 5.88. The summed E-state index contributed by atoms with van der Waals surface area (Å²) in [6, 6.07) is -0.325. The molecule has 3 N–H and O–H groups in total. The zero-order valence-electron chi connectivity index (χ0n) is 7.12. The van der Waals surface area contributed by atoms with Gasteiger partial charge in [0.15, 0.2) is 0 Å². The van der Waals surface area contributed by atoms with E-state index in [4.69, 9.17) is 5.11 Å². The van der Waals surface area contributed by atoms with Crippen molar-refractivity contribution in [3.63, 3.8) is 0 Å². The summed E-state index contributed by atoms with van der Waals surface area (Å²) in [4.78, 5) is 21.7. The zero-order valence-corrected chi connectivity index (χ0v) is 7.12. The van der Waals surface area contributed by atoms with Gasteiger partial charge in [-0.15, -0.1) is 0 Å². The Morgan fingerprint density at radius 2 is 2.31 bits per heavy atom. The van der Waals surface area contributed by atoms with Crippen molar-refractivity contribution in [3.8, 4) is 0 Å². The molecule has 2 fully saturated rings. The van der Waals surface area contributed by atoms with E-state index >= 15 is 0 Å². The lowest BCUT2D eigenvalue weighted by molar-refractivity contribution is -0.121. The van der Waals surface area contributed by atoms with Gasteiger partial charge in [-0.25, -0.2) is 4.79 Å². The molecule has 0 spiro atoms. The summed E-state index contributed by atoms with van der Waals surface area (Å²) in [7, 11) is 0. The summed E-state index contributed by atoms with van der Waals surface area (Å²) in [5.74, 6) is 0.000648. The fourth-order valence-corrected chi connectivity index (χ4v) is 2.34. The van der Waals surface area contributed by atoms with Crippen molar-refractivity contribution in [2.75, 3.05) is 0 Å². The SMILES string of the molecule is O=C(O)N[C@H]1C(=O)N[C@H]2CCC[C@H]21. The van der Waals surface area contributed by atoms with Crippen LogP contribution in [-0.2, 0) is 4.79 Å². The topological polar surface area (TPSA) is 78.4 Å². The maximum atomic E-state index is 11.3. The van der Waals surface area contributed by atoms with Crippen molar-refractivity contribution in [1.82, 2.24) is 10.6 Å². The first-order valence-electron chi connectivity index (χ1n) is 4.48. The Kier molecular flexibility index (Phi) is 1.86. The molecule has 0 unspecified atom stereocenters. The quantitative estimate of drug-likeness (QED) is 0.533. The first-order valence-corrected chi connectivity index (χ1v) is 4.48. The maximum absolute atomic E-state index is 11.3. The van der Waals surface area contributed by atoms with E-state index in [0.29, 0.717) is 0 Å². The first kappa shape index (κ1) is 8.34. The summed E-state index contributed by atoms with van der Waals surface area (Å²) in [5, 5.41) is 13.6. The van der Waals surface area contributed by atoms with Gasteiger partial charge < -0.3 is 15.7 Å². The van der Waals surface area contributed by atoms with E-state index in [-0.39, 0.29) is 17.9 Å². The lowest BCUT2D eigenvalue weighted by Gasteiger charge is -2.14. The molecular weight excluding hydrogens is 172 g/mol. The summed E-state index contributed by atoms with van der Waals surface area (Å²) < 4.78 is 0. The number of carbonyl (C=O) groups excluding carboxylic acids is 1. The van der Waals surface area contributed by atoms with E-state index in [0.717, 1.165) is 19.3 Å². The molecule has 3 atom stereocenters. The summed E-state index contributed by atoms with van der Waals surface area (Å²) in [5.41, 5.74) is 0. The van der Waals surface area contributed by atoms with E-state index in [9.17, 15) is 9.59 Å². The minimum Gasteiger partial charge on any atom is -0.465 e. The third kappa shape index (κ3) is 1.34. The third-order valence-electron chi connectivity index (χ3n) is 2.89. The van der Waals surface area contributed by atoms with Crippen LogP contribution in [0, 0.1) is 5.92 Å². The Labute approximate surface area is 75.5 Å². The van der Waals surface area contributed by atoms with Crippen LogP contribution in [0.4, 0.5) is 4.79 Å². The average molecular weight is 184 g/mol. The zero-order chi connectivity index (χ0) is 9.42. The van der Waals surface area contributed by atoms with Gasteiger partial charge in [0.25, 0.3) is 0 Å². The van der Waals surface area contributed by atoms with Crippen molar-refractivity contribution in [3.05, 3.63) is 0 Å². The Bertz CT molecular complexity index is 254. The molecule has 0 aromatic heterocycles. The van der Waals surface area contributed by atoms with Crippen LogP contribution in [0.25, 0.3) is 0 Å². The normalized spacial score (nSPS) is 36.9. The number of fused-ring (bicyclic) bond motifs is 1. The molecule has 0 aromatic carbocycles. The number of carboxylic acid groups (broad SMARTS) is 1. The Hall–Kier alpha value is -1.26. The summed E-state index contributed by atoms with van der Waals surface area (Å²) >= 11 is 0.